The molecule has 1 amide bonds. The van der Waals surface area contributed by atoms with E-state index in [1.165, 1.54) is 5.56 Å². The van der Waals surface area contributed by atoms with Crippen molar-refractivity contribution in [3.8, 4) is 11.3 Å². The first-order valence-electron chi connectivity index (χ1n) is 11.4. The Kier molecular flexibility index (Phi) is 5.70. The summed E-state index contributed by atoms with van der Waals surface area (Å²) in [6, 6.07) is 16.4. The van der Waals surface area contributed by atoms with Crippen LogP contribution in [-0.4, -0.2) is 48.3 Å². The molecule has 6 heteroatoms. The molecule has 1 saturated carbocycles. The number of aromatic nitrogens is 1. The van der Waals surface area contributed by atoms with E-state index in [0.29, 0.717) is 19.8 Å². The van der Waals surface area contributed by atoms with Crippen molar-refractivity contribution in [3.63, 3.8) is 0 Å². The minimum Gasteiger partial charge on any atom is -0.378 e. The Hall–Kier alpha value is -3.12. The van der Waals surface area contributed by atoms with Gasteiger partial charge in [-0.15, -0.1) is 0 Å². The average molecular weight is 432 g/mol. The third kappa shape index (κ3) is 4.15. The average Bonchev–Trinajstić information content (AvgIpc) is 3.57. The van der Waals surface area contributed by atoms with Gasteiger partial charge in [0.25, 0.3) is 5.91 Å². The van der Waals surface area contributed by atoms with Crippen LogP contribution in [0.3, 0.4) is 0 Å². The van der Waals surface area contributed by atoms with Gasteiger partial charge < -0.3 is 19.1 Å². The van der Waals surface area contributed by atoms with Gasteiger partial charge in [0.2, 0.25) is 5.88 Å². The number of carbonyl (C=O) groups is 1. The smallest absolute Gasteiger partial charge is 0.254 e. The van der Waals surface area contributed by atoms with Crippen molar-refractivity contribution in [1.82, 2.24) is 10.1 Å². The van der Waals surface area contributed by atoms with E-state index in [0.717, 1.165) is 59.8 Å². The first-order chi connectivity index (χ1) is 15.6. The van der Waals surface area contributed by atoms with Crippen LogP contribution < -0.4 is 4.90 Å². The lowest BCUT2D eigenvalue weighted by molar-refractivity contribution is 0.0729. The molecule has 2 aliphatic rings. The molecule has 0 radical (unpaired) electrons. The number of rotatable bonds is 6. The lowest BCUT2D eigenvalue weighted by Gasteiger charge is -2.28. The van der Waals surface area contributed by atoms with Crippen LogP contribution >= 0.6 is 0 Å². The second kappa shape index (κ2) is 8.79. The van der Waals surface area contributed by atoms with E-state index in [1.54, 1.807) is 0 Å². The molecule has 1 aromatic heterocycles. The normalized spacial score (nSPS) is 16.2. The van der Waals surface area contributed by atoms with Gasteiger partial charge in [0.05, 0.1) is 25.3 Å². The second-order valence-corrected chi connectivity index (χ2v) is 8.76. The van der Waals surface area contributed by atoms with E-state index in [2.05, 4.69) is 35.2 Å². The summed E-state index contributed by atoms with van der Waals surface area (Å²) in [5.74, 6) is 0.836. The van der Waals surface area contributed by atoms with Gasteiger partial charge in [-0.1, -0.05) is 47.1 Å². The molecule has 0 spiro atoms. The number of aryl methyl sites for hydroxylation is 2. The van der Waals surface area contributed by atoms with Crippen molar-refractivity contribution < 1.29 is 14.1 Å². The lowest BCUT2D eigenvalue weighted by atomic mass is 10.0. The number of nitrogens with zero attached hydrogens (tertiary/aromatic N) is 3. The molecule has 2 aromatic carbocycles. The maximum absolute atomic E-state index is 13.6. The van der Waals surface area contributed by atoms with Gasteiger partial charge >= 0.3 is 0 Å². The number of amides is 1. The summed E-state index contributed by atoms with van der Waals surface area (Å²) in [6.07, 6.45) is 2.07. The van der Waals surface area contributed by atoms with Crippen molar-refractivity contribution in [2.45, 2.75) is 39.3 Å². The van der Waals surface area contributed by atoms with E-state index in [-0.39, 0.29) is 11.9 Å². The lowest BCUT2D eigenvalue weighted by Crippen LogP contribution is -2.38. The van der Waals surface area contributed by atoms with Crippen LogP contribution in [0, 0.1) is 13.8 Å². The van der Waals surface area contributed by atoms with E-state index < -0.39 is 0 Å². The molecule has 32 heavy (non-hydrogen) atoms. The highest BCUT2D eigenvalue weighted by Gasteiger charge is 2.36. The molecular weight excluding hydrogens is 402 g/mol. The monoisotopic (exact) mass is 431 g/mol. The van der Waals surface area contributed by atoms with E-state index in [4.69, 9.17) is 9.26 Å². The molecule has 0 bridgehead atoms. The number of morpholine rings is 1. The topological polar surface area (TPSA) is 58.8 Å². The molecule has 2 heterocycles. The van der Waals surface area contributed by atoms with Crippen molar-refractivity contribution in [2.24, 2.45) is 0 Å². The van der Waals surface area contributed by atoms with Crippen molar-refractivity contribution >= 4 is 11.8 Å². The molecule has 0 unspecified atom stereocenters. The van der Waals surface area contributed by atoms with Gasteiger partial charge in [-0.2, -0.15) is 0 Å². The highest BCUT2D eigenvalue weighted by Crippen LogP contribution is 2.37. The number of benzene rings is 2. The number of hydrogen-bond donors (Lipinski definition) is 0. The van der Waals surface area contributed by atoms with E-state index >= 15 is 0 Å². The maximum Gasteiger partial charge on any atom is 0.254 e. The summed E-state index contributed by atoms with van der Waals surface area (Å²) in [4.78, 5) is 17.8. The first-order valence-corrected chi connectivity index (χ1v) is 11.4. The van der Waals surface area contributed by atoms with Crippen LogP contribution in [0.2, 0.25) is 0 Å². The minimum atomic E-state index is 0.0786. The van der Waals surface area contributed by atoms with E-state index in [1.807, 2.05) is 42.2 Å². The Morgan fingerprint density at radius 1 is 1.09 bits per heavy atom. The summed E-state index contributed by atoms with van der Waals surface area (Å²) in [5, 5.41) is 4.49. The van der Waals surface area contributed by atoms with Gasteiger partial charge in [-0.05, 0) is 44.4 Å². The van der Waals surface area contributed by atoms with Crippen LogP contribution in [0.1, 0.15) is 39.9 Å². The zero-order valence-electron chi connectivity index (χ0n) is 18.7. The van der Waals surface area contributed by atoms with Crippen LogP contribution in [0.5, 0.6) is 0 Å². The highest BCUT2D eigenvalue weighted by atomic mass is 16.5. The highest BCUT2D eigenvalue weighted by molar-refractivity contribution is 5.96. The minimum absolute atomic E-state index is 0.0786. The Bertz CT molecular complexity index is 1110. The molecule has 0 atom stereocenters. The summed E-state index contributed by atoms with van der Waals surface area (Å²) < 4.78 is 11.5. The van der Waals surface area contributed by atoms with Crippen LogP contribution in [-0.2, 0) is 11.3 Å². The third-order valence-electron chi connectivity index (χ3n) is 6.31. The molecule has 1 aliphatic heterocycles. The fourth-order valence-electron chi connectivity index (χ4n) is 4.37. The summed E-state index contributed by atoms with van der Waals surface area (Å²) in [7, 11) is 0. The number of anilines is 1. The van der Waals surface area contributed by atoms with Gasteiger partial charge in [0.1, 0.15) is 5.69 Å². The van der Waals surface area contributed by atoms with Gasteiger partial charge in [0, 0.05) is 30.3 Å². The zero-order chi connectivity index (χ0) is 22.1. The predicted molar refractivity (Wildman–Crippen MR) is 124 cm³/mol. The molecule has 1 aliphatic carbocycles. The summed E-state index contributed by atoms with van der Waals surface area (Å²) >= 11 is 0. The van der Waals surface area contributed by atoms with Crippen LogP contribution in [0.25, 0.3) is 11.3 Å². The third-order valence-corrected chi connectivity index (χ3v) is 6.31. The number of ether oxygens (including phenoxy) is 1. The first kappa shape index (κ1) is 20.8. The maximum atomic E-state index is 13.6. The Morgan fingerprint density at radius 3 is 2.59 bits per heavy atom. The Morgan fingerprint density at radius 2 is 1.88 bits per heavy atom. The van der Waals surface area contributed by atoms with Gasteiger partial charge in [0.15, 0.2) is 0 Å². The standard InChI is InChI=1S/C26H29N3O3/c1-18-6-5-8-20(16-18)24-23(26(32-27-24)28-12-14-31-15-13-28)17-29(21-10-11-21)25(30)22-9-4-3-7-19(22)2/h3-9,16,21H,10-15,17H2,1-2H3. The molecule has 0 N–H and O–H groups in total. The van der Waals surface area contributed by atoms with Crippen LogP contribution in [0.4, 0.5) is 5.88 Å². The number of hydrogen-bond acceptors (Lipinski definition) is 5. The fourth-order valence-corrected chi connectivity index (χ4v) is 4.37. The predicted octanol–water partition coefficient (Wildman–Crippen LogP) is 4.60. The van der Waals surface area contributed by atoms with Gasteiger partial charge in [-0.25, -0.2) is 0 Å². The van der Waals surface area contributed by atoms with Crippen molar-refractivity contribution in [2.75, 3.05) is 31.2 Å². The SMILES string of the molecule is Cc1cccc(-c2noc(N3CCOCC3)c2CN(C(=O)c2ccccc2C)C2CC2)c1. The molecule has 1 saturated heterocycles. The molecule has 166 valence electrons. The molecule has 3 aromatic rings. The number of carbonyl (C=O) groups excluding carboxylic acids is 1. The Labute approximate surface area is 188 Å². The molecule has 2 fully saturated rings. The van der Waals surface area contributed by atoms with E-state index in [9.17, 15) is 4.79 Å². The summed E-state index contributed by atoms with van der Waals surface area (Å²) in [5.41, 5.74) is 5.74. The molecule has 5 rings (SSSR count). The largest absolute Gasteiger partial charge is 0.378 e. The quantitative estimate of drug-likeness (QED) is 0.571. The second-order valence-electron chi connectivity index (χ2n) is 8.76. The van der Waals surface area contributed by atoms with Crippen molar-refractivity contribution in [1.29, 1.82) is 0 Å². The Balaban J connectivity index is 1.54. The van der Waals surface area contributed by atoms with Crippen molar-refractivity contribution in [3.05, 3.63) is 70.8 Å². The molecule has 6 nitrogen and oxygen atoms in total. The van der Waals surface area contributed by atoms with Crippen LogP contribution in [0.15, 0.2) is 53.1 Å². The van der Waals surface area contributed by atoms with Gasteiger partial charge in [-0.3, -0.25) is 4.79 Å². The zero-order valence-corrected chi connectivity index (χ0v) is 18.7. The fraction of sp³-hybridized carbons (Fsp3) is 0.385. The molecular formula is C26H29N3O3. The summed E-state index contributed by atoms with van der Waals surface area (Å²) in [6.45, 7) is 7.38.